The molecule has 0 amide bonds. The quantitative estimate of drug-likeness (QED) is 0.635. The molecule has 2 N–H and O–H groups in total. The van der Waals surface area contributed by atoms with Crippen molar-refractivity contribution in [3.05, 3.63) is 58.1 Å². The Bertz CT molecular complexity index is 793. The summed E-state index contributed by atoms with van der Waals surface area (Å²) in [5, 5.41) is 26.6. The average molecular weight is 338 g/mol. The van der Waals surface area contributed by atoms with Gasteiger partial charge in [-0.05, 0) is 43.2 Å². The van der Waals surface area contributed by atoms with Gasteiger partial charge in [-0.15, -0.1) is 0 Å². The Kier molecular flexibility index (Phi) is 5.11. The highest BCUT2D eigenvalue weighted by molar-refractivity contribution is 5.69. The van der Waals surface area contributed by atoms with Crippen LogP contribution in [-0.2, 0) is 4.74 Å². The Hall–Kier alpha value is -3.11. The van der Waals surface area contributed by atoms with Crippen LogP contribution in [-0.4, -0.2) is 24.2 Å². The predicted molar refractivity (Wildman–Crippen MR) is 95.0 cm³/mol. The van der Waals surface area contributed by atoms with Gasteiger partial charge in [0, 0.05) is 42.8 Å². The van der Waals surface area contributed by atoms with Crippen molar-refractivity contribution < 1.29 is 9.66 Å². The van der Waals surface area contributed by atoms with E-state index in [1.165, 1.54) is 12.1 Å². The van der Waals surface area contributed by atoms with Crippen LogP contribution in [0.25, 0.3) is 0 Å². The van der Waals surface area contributed by atoms with Gasteiger partial charge in [-0.25, -0.2) is 0 Å². The maximum atomic E-state index is 10.8. The molecule has 0 spiro atoms. The number of hydrogen-bond donors (Lipinski definition) is 2. The number of nitrogens with one attached hydrogen (secondary N) is 2. The Morgan fingerprint density at radius 1 is 1.12 bits per heavy atom. The molecule has 25 heavy (non-hydrogen) atoms. The highest BCUT2D eigenvalue weighted by atomic mass is 16.6. The van der Waals surface area contributed by atoms with Crippen LogP contribution in [0.3, 0.4) is 0 Å². The molecule has 1 heterocycles. The number of hydrogen-bond acceptors (Lipinski definition) is 6. The summed E-state index contributed by atoms with van der Waals surface area (Å²) in [7, 11) is 0. The van der Waals surface area contributed by atoms with Crippen molar-refractivity contribution in [2.24, 2.45) is 0 Å². The number of nitro benzene ring substituents is 1. The second kappa shape index (κ2) is 7.64. The van der Waals surface area contributed by atoms with Gasteiger partial charge in [0.2, 0.25) is 0 Å². The number of nitro groups is 1. The number of non-ortho nitro benzene ring substituents is 1. The van der Waals surface area contributed by atoms with Gasteiger partial charge < -0.3 is 15.4 Å². The molecule has 0 radical (unpaired) electrons. The molecule has 0 aromatic heterocycles. The monoisotopic (exact) mass is 338 g/mol. The first-order valence-electron chi connectivity index (χ1n) is 8.05. The molecule has 0 saturated carbocycles. The standard InChI is InChI=1S/C18H18N4O3/c19-12-13-11-17(22(23)24)5-6-18(13)21-15-3-1-14(2-4-15)20-16-7-9-25-10-8-16/h1-6,11,16,20-21H,7-10H2. The molecule has 0 unspecified atom stereocenters. The van der Waals surface area contributed by atoms with Crippen LogP contribution >= 0.6 is 0 Å². The van der Waals surface area contributed by atoms with Gasteiger partial charge in [-0.3, -0.25) is 10.1 Å². The maximum Gasteiger partial charge on any atom is 0.270 e. The summed E-state index contributed by atoms with van der Waals surface area (Å²) in [6.07, 6.45) is 1.99. The Morgan fingerprint density at radius 2 is 1.80 bits per heavy atom. The van der Waals surface area contributed by atoms with Crippen LogP contribution in [0, 0.1) is 21.4 Å². The van der Waals surface area contributed by atoms with E-state index >= 15 is 0 Å². The number of benzene rings is 2. The highest BCUT2D eigenvalue weighted by Gasteiger charge is 2.13. The van der Waals surface area contributed by atoms with E-state index in [1.54, 1.807) is 6.07 Å². The fourth-order valence-electron chi connectivity index (χ4n) is 2.73. The number of nitrogens with zero attached hydrogens (tertiary/aromatic N) is 2. The van der Waals surface area contributed by atoms with Gasteiger partial charge >= 0.3 is 0 Å². The summed E-state index contributed by atoms with van der Waals surface area (Å²) in [4.78, 5) is 10.3. The van der Waals surface area contributed by atoms with Crippen molar-refractivity contribution in [3.63, 3.8) is 0 Å². The van der Waals surface area contributed by atoms with E-state index in [0.29, 0.717) is 11.7 Å². The summed E-state index contributed by atoms with van der Waals surface area (Å²) < 4.78 is 5.35. The van der Waals surface area contributed by atoms with Crippen LogP contribution in [0.2, 0.25) is 0 Å². The van der Waals surface area contributed by atoms with Crippen LogP contribution in [0.15, 0.2) is 42.5 Å². The van der Waals surface area contributed by atoms with Crippen molar-refractivity contribution in [1.29, 1.82) is 5.26 Å². The second-order valence-corrected chi connectivity index (χ2v) is 5.83. The molecule has 3 rings (SSSR count). The molecule has 1 fully saturated rings. The normalized spacial score (nSPS) is 14.5. The van der Waals surface area contributed by atoms with Gasteiger partial charge in [-0.1, -0.05) is 0 Å². The first-order valence-corrected chi connectivity index (χ1v) is 8.05. The SMILES string of the molecule is N#Cc1cc([N+](=O)[O-])ccc1Nc1ccc(NC2CCOCC2)cc1. The first-order chi connectivity index (χ1) is 12.2. The molecule has 1 saturated heterocycles. The lowest BCUT2D eigenvalue weighted by Gasteiger charge is -2.24. The highest BCUT2D eigenvalue weighted by Crippen LogP contribution is 2.26. The summed E-state index contributed by atoms with van der Waals surface area (Å²) in [6.45, 7) is 1.57. The van der Waals surface area contributed by atoms with E-state index in [0.717, 1.165) is 37.4 Å². The molecule has 0 aliphatic carbocycles. The fraction of sp³-hybridized carbons (Fsp3) is 0.278. The molecule has 0 atom stereocenters. The van der Waals surface area contributed by atoms with Crippen molar-refractivity contribution in [2.75, 3.05) is 23.8 Å². The molecule has 128 valence electrons. The number of ether oxygens (including phenoxy) is 1. The number of nitriles is 1. The summed E-state index contributed by atoms with van der Waals surface area (Å²) >= 11 is 0. The van der Waals surface area contributed by atoms with Crippen molar-refractivity contribution >= 4 is 22.7 Å². The van der Waals surface area contributed by atoms with Gasteiger partial charge in [-0.2, -0.15) is 5.26 Å². The molecular formula is C18H18N4O3. The van der Waals surface area contributed by atoms with Crippen LogP contribution < -0.4 is 10.6 Å². The minimum Gasteiger partial charge on any atom is -0.382 e. The zero-order valence-corrected chi connectivity index (χ0v) is 13.6. The Labute approximate surface area is 145 Å². The number of anilines is 3. The third-order valence-corrected chi connectivity index (χ3v) is 4.09. The Morgan fingerprint density at radius 3 is 2.44 bits per heavy atom. The van der Waals surface area contributed by atoms with Gasteiger partial charge in [0.1, 0.15) is 6.07 Å². The van der Waals surface area contributed by atoms with Crippen molar-refractivity contribution in [3.8, 4) is 6.07 Å². The molecule has 1 aliphatic rings. The average Bonchev–Trinajstić information content (AvgIpc) is 2.64. The first kappa shape index (κ1) is 16.7. The summed E-state index contributed by atoms with van der Waals surface area (Å²) in [6, 6.07) is 14.4. The predicted octanol–water partition coefficient (Wildman–Crippen LogP) is 3.80. The van der Waals surface area contributed by atoms with Crippen LogP contribution in [0.5, 0.6) is 0 Å². The topological polar surface area (TPSA) is 100 Å². The van der Waals surface area contributed by atoms with E-state index in [2.05, 4.69) is 10.6 Å². The third kappa shape index (κ3) is 4.25. The molecule has 2 aromatic rings. The van der Waals surface area contributed by atoms with E-state index in [4.69, 9.17) is 4.74 Å². The lowest BCUT2D eigenvalue weighted by molar-refractivity contribution is -0.384. The number of rotatable bonds is 5. The third-order valence-electron chi connectivity index (χ3n) is 4.09. The fourth-order valence-corrected chi connectivity index (χ4v) is 2.73. The molecule has 2 aromatic carbocycles. The molecular weight excluding hydrogens is 320 g/mol. The zero-order chi connectivity index (χ0) is 17.6. The lowest BCUT2D eigenvalue weighted by Crippen LogP contribution is -2.27. The van der Waals surface area contributed by atoms with Gasteiger partial charge in [0.05, 0.1) is 16.2 Å². The molecule has 1 aliphatic heterocycles. The largest absolute Gasteiger partial charge is 0.382 e. The van der Waals surface area contributed by atoms with Gasteiger partial charge in [0.25, 0.3) is 5.69 Å². The van der Waals surface area contributed by atoms with Crippen molar-refractivity contribution in [1.82, 2.24) is 0 Å². The Balaban J connectivity index is 1.69. The van der Waals surface area contributed by atoms with E-state index in [9.17, 15) is 15.4 Å². The summed E-state index contributed by atoms with van der Waals surface area (Å²) in [5.74, 6) is 0. The molecule has 0 bridgehead atoms. The molecule has 7 nitrogen and oxygen atoms in total. The minimum absolute atomic E-state index is 0.0990. The smallest absolute Gasteiger partial charge is 0.270 e. The van der Waals surface area contributed by atoms with E-state index in [1.807, 2.05) is 30.3 Å². The van der Waals surface area contributed by atoms with Crippen LogP contribution in [0.1, 0.15) is 18.4 Å². The summed E-state index contributed by atoms with van der Waals surface area (Å²) in [5.41, 5.74) is 2.51. The zero-order valence-electron chi connectivity index (χ0n) is 13.6. The minimum atomic E-state index is -0.513. The van der Waals surface area contributed by atoms with Crippen molar-refractivity contribution in [2.45, 2.75) is 18.9 Å². The molecule has 7 heteroatoms. The van der Waals surface area contributed by atoms with E-state index < -0.39 is 4.92 Å². The maximum absolute atomic E-state index is 10.8. The van der Waals surface area contributed by atoms with Crippen LogP contribution in [0.4, 0.5) is 22.7 Å². The lowest BCUT2D eigenvalue weighted by atomic mass is 10.1. The van der Waals surface area contributed by atoms with Gasteiger partial charge in [0.15, 0.2) is 0 Å². The van der Waals surface area contributed by atoms with E-state index in [-0.39, 0.29) is 11.3 Å². The second-order valence-electron chi connectivity index (χ2n) is 5.83.